The molecule has 1 aliphatic heterocycles. The fraction of sp³-hybridized carbons (Fsp3) is 0.500. The molecular weight excluding hydrogens is 298 g/mol. The quantitative estimate of drug-likeness (QED) is 0.730. The number of halogens is 2. The van der Waals surface area contributed by atoms with Gasteiger partial charge in [-0.25, -0.2) is 0 Å². The van der Waals surface area contributed by atoms with Crippen LogP contribution < -0.4 is 0 Å². The summed E-state index contributed by atoms with van der Waals surface area (Å²) in [6.07, 6.45) is 0.945. The van der Waals surface area contributed by atoms with Crippen LogP contribution in [0.2, 0.25) is 0 Å². The van der Waals surface area contributed by atoms with Gasteiger partial charge in [0.1, 0.15) is 5.38 Å². The summed E-state index contributed by atoms with van der Waals surface area (Å²) in [4.78, 5) is 14.9. The van der Waals surface area contributed by atoms with Gasteiger partial charge in [-0.3, -0.25) is 4.79 Å². The molecule has 2 heterocycles. The minimum Gasteiger partial charge on any atom is -0.337 e. The third-order valence-corrected chi connectivity index (χ3v) is 4.42. The van der Waals surface area contributed by atoms with E-state index in [1.807, 2.05) is 4.90 Å². The van der Waals surface area contributed by atoms with Gasteiger partial charge in [0.25, 0.3) is 0 Å². The fourth-order valence-corrected chi connectivity index (χ4v) is 3.62. The lowest BCUT2D eigenvalue weighted by molar-refractivity contribution is -0.131. The number of hydrogen-bond acceptors (Lipinski definition) is 2. The number of carbonyl (C=O) groups excluding carboxylic acids is 1. The lowest BCUT2D eigenvalue weighted by Gasteiger charge is -2.27. The molecule has 0 spiro atoms. The fourth-order valence-electron chi connectivity index (χ4n) is 1.74. The highest BCUT2D eigenvalue weighted by Gasteiger charge is 2.24. The van der Waals surface area contributed by atoms with Gasteiger partial charge in [0.15, 0.2) is 0 Å². The number of amides is 1. The topological polar surface area (TPSA) is 20.3 Å². The molecule has 2 nitrogen and oxygen atoms in total. The second kappa shape index (κ2) is 4.44. The van der Waals surface area contributed by atoms with Crippen molar-refractivity contribution in [3.05, 3.63) is 20.3 Å². The Morgan fingerprint density at radius 3 is 3.13 bits per heavy atom. The van der Waals surface area contributed by atoms with Crippen LogP contribution in [0.25, 0.3) is 0 Å². The monoisotopic (exact) mass is 307 g/mol. The molecule has 0 fully saturated rings. The van der Waals surface area contributed by atoms with Crippen molar-refractivity contribution in [1.29, 1.82) is 0 Å². The van der Waals surface area contributed by atoms with E-state index in [9.17, 15) is 4.79 Å². The minimum atomic E-state index is -0.423. The lowest BCUT2D eigenvalue weighted by atomic mass is 10.1. The van der Waals surface area contributed by atoms with E-state index < -0.39 is 5.38 Å². The highest BCUT2D eigenvalue weighted by Crippen LogP contribution is 2.31. The van der Waals surface area contributed by atoms with Gasteiger partial charge in [-0.2, -0.15) is 0 Å². The highest BCUT2D eigenvalue weighted by molar-refractivity contribution is 9.11. The third-order valence-electron chi connectivity index (χ3n) is 2.49. The Morgan fingerprint density at radius 1 is 1.73 bits per heavy atom. The van der Waals surface area contributed by atoms with Crippen LogP contribution in [0.15, 0.2) is 9.85 Å². The molecule has 2 rings (SSSR count). The van der Waals surface area contributed by atoms with E-state index in [4.69, 9.17) is 11.6 Å². The number of alkyl halides is 1. The van der Waals surface area contributed by atoms with Gasteiger partial charge in [0.05, 0.1) is 3.79 Å². The summed E-state index contributed by atoms with van der Waals surface area (Å²) in [6.45, 7) is 3.21. The SMILES string of the molecule is C[C@H](Cl)C(=O)N1CCc2sc(Br)cc2C1. The van der Waals surface area contributed by atoms with E-state index in [1.54, 1.807) is 18.3 Å². The second-order valence-corrected chi connectivity index (χ2v) is 6.80. The van der Waals surface area contributed by atoms with Gasteiger partial charge in [0, 0.05) is 18.0 Å². The molecule has 0 N–H and O–H groups in total. The van der Waals surface area contributed by atoms with Crippen LogP contribution in [-0.4, -0.2) is 22.7 Å². The molecule has 0 unspecified atom stereocenters. The van der Waals surface area contributed by atoms with Crippen molar-refractivity contribution in [2.75, 3.05) is 6.54 Å². The lowest BCUT2D eigenvalue weighted by Crippen LogP contribution is -2.38. The molecule has 0 aliphatic carbocycles. The molecule has 15 heavy (non-hydrogen) atoms. The summed E-state index contributed by atoms with van der Waals surface area (Å²) in [5.41, 5.74) is 1.25. The van der Waals surface area contributed by atoms with Crippen LogP contribution in [0.3, 0.4) is 0 Å². The van der Waals surface area contributed by atoms with E-state index in [-0.39, 0.29) is 5.91 Å². The molecule has 1 aromatic rings. The molecule has 1 amide bonds. The molecule has 0 saturated carbocycles. The maximum Gasteiger partial charge on any atom is 0.240 e. The van der Waals surface area contributed by atoms with Crippen molar-refractivity contribution in [1.82, 2.24) is 4.90 Å². The Hall–Kier alpha value is -0.0600. The molecule has 0 saturated heterocycles. The van der Waals surface area contributed by atoms with Gasteiger partial charge < -0.3 is 4.90 Å². The van der Waals surface area contributed by atoms with Crippen LogP contribution in [0.4, 0.5) is 0 Å². The summed E-state index contributed by atoms with van der Waals surface area (Å²) >= 11 is 11.0. The van der Waals surface area contributed by atoms with Crippen LogP contribution >= 0.6 is 38.9 Å². The van der Waals surface area contributed by atoms with E-state index in [2.05, 4.69) is 22.0 Å². The predicted octanol–water partition coefficient (Wildman–Crippen LogP) is 3.02. The zero-order valence-electron chi connectivity index (χ0n) is 8.30. The van der Waals surface area contributed by atoms with Crippen LogP contribution in [0.1, 0.15) is 17.4 Å². The number of rotatable bonds is 1. The van der Waals surface area contributed by atoms with Gasteiger partial charge in [0.2, 0.25) is 5.91 Å². The zero-order valence-corrected chi connectivity index (χ0v) is 11.5. The molecule has 0 radical (unpaired) electrons. The Bertz CT molecular complexity index is 391. The van der Waals surface area contributed by atoms with E-state index in [0.29, 0.717) is 6.54 Å². The van der Waals surface area contributed by atoms with Gasteiger partial charge in [-0.1, -0.05) is 0 Å². The molecule has 1 aliphatic rings. The normalized spacial score (nSPS) is 17.4. The maximum absolute atomic E-state index is 11.7. The first kappa shape index (κ1) is 11.4. The zero-order chi connectivity index (χ0) is 11.0. The molecule has 0 bridgehead atoms. The molecule has 1 aromatic heterocycles. The van der Waals surface area contributed by atoms with Crippen molar-refractivity contribution >= 4 is 44.8 Å². The average Bonchev–Trinajstić information content (AvgIpc) is 2.55. The number of nitrogens with zero attached hydrogens (tertiary/aromatic N) is 1. The van der Waals surface area contributed by atoms with Gasteiger partial charge >= 0.3 is 0 Å². The number of hydrogen-bond donors (Lipinski definition) is 0. The van der Waals surface area contributed by atoms with E-state index in [0.717, 1.165) is 16.8 Å². The van der Waals surface area contributed by atoms with Crippen molar-refractivity contribution in [3.63, 3.8) is 0 Å². The van der Waals surface area contributed by atoms with Crippen molar-refractivity contribution in [3.8, 4) is 0 Å². The van der Waals surface area contributed by atoms with E-state index in [1.165, 1.54) is 10.4 Å². The summed E-state index contributed by atoms with van der Waals surface area (Å²) in [6, 6.07) is 2.10. The molecule has 5 heteroatoms. The van der Waals surface area contributed by atoms with Gasteiger partial charge in [-0.05, 0) is 40.9 Å². The summed E-state index contributed by atoms with van der Waals surface area (Å²) in [5.74, 6) is 0.0321. The summed E-state index contributed by atoms with van der Waals surface area (Å²) < 4.78 is 1.14. The minimum absolute atomic E-state index is 0.0321. The van der Waals surface area contributed by atoms with Crippen LogP contribution in [0, 0.1) is 0 Å². The smallest absolute Gasteiger partial charge is 0.240 e. The Kier molecular flexibility index (Phi) is 3.38. The summed E-state index contributed by atoms with van der Waals surface area (Å²) in [5, 5.41) is -0.423. The Balaban J connectivity index is 2.15. The van der Waals surface area contributed by atoms with E-state index >= 15 is 0 Å². The first-order valence-electron chi connectivity index (χ1n) is 4.78. The van der Waals surface area contributed by atoms with Crippen molar-refractivity contribution < 1.29 is 4.79 Å². The molecular formula is C10H11BrClNOS. The number of thiophene rings is 1. The maximum atomic E-state index is 11.7. The number of carbonyl (C=O) groups is 1. The van der Waals surface area contributed by atoms with Crippen molar-refractivity contribution in [2.45, 2.75) is 25.3 Å². The largest absolute Gasteiger partial charge is 0.337 e. The molecule has 82 valence electrons. The standard InChI is InChI=1S/C10H11BrClNOS/c1-6(12)10(14)13-3-2-8-7(5-13)4-9(11)15-8/h4,6H,2-3,5H2,1H3/t6-/m0/s1. The highest BCUT2D eigenvalue weighted by atomic mass is 79.9. The van der Waals surface area contributed by atoms with Gasteiger partial charge in [-0.15, -0.1) is 22.9 Å². The third kappa shape index (κ3) is 2.37. The van der Waals surface area contributed by atoms with Crippen LogP contribution in [-0.2, 0) is 17.8 Å². The Morgan fingerprint density at radius 2 is 2.47 bits per heavy atom. The first-order chi connectivity index (χ1) is 7.08. The average molecular weight is 309 g/mol. The van der Waals surface area contributed by atoms with Crippen LogP contribution in [0.5, 0.6) is 0 Å². The first-order valence-corrected chi connectivity index (χ1v) is 6.82. The molecule has 1 atom stereocenters. The second-order valence-electron chi connectivity index (χ2n) is 3.62. The summed E-state index contributed by atoms with van der Waals surface area (Å²) in [7, 11) is 0. The molecule has 0 aromatic carbocycles. The predicted molar refractivity (Wildman–Crippen MR) is 66.5 cm³/mol. The van der Waals surface area contributed by atoms with Crippen molar-refractivity contribution in [2.24, 2.45) is 0 Å². The number of fused-ring (bicyclic) bond motifs is 1. The Labute approximate surface area is 106 Å².